The van der Waals surface area contributed by atoms with Crippen LogP contribution >= 0.6 is 27.7 Å². The normalized spacial score (nSPS) is 13.7. The molecule has 3 N–H and O–H groups in total. The molecule has 0 spiro atoms. The van der Waals surface area contributed by atoms with E-state index in [1.54, 1.807) is 6.92 Å². The standard InChI is InChI=1S/C13H19BrN2O2S/c1-9-4-5-10(6-11(9)14)16-12(17)15-7-13(2,18)8-19-3/h4-6,18H,7-8H2,1-3H3,(H2,15,16,17). The molecule has 1 rings (SSSR count). The van der Waals surface area contributed by atoms with Gasteiger partial charge in [-0.3, -0.25) is 0 Å². The lowest BCUT2D eigenvalue weighted by molar-refractivity contribution is 0.0876. The van der Waals surface area contributed by atoms with Gasteiger partial charge >= 0.3 is 6.03 Å². The summed E-state index contributed by atoms with van der Waals surface area (Å²) in [5, 5.41) is 15.3. The van der Waals surface area contributed by atoms with Crippen LogP contribution in [0, 0.1) is 6.92 Å². The van der Waals surface area contributed by atoms with E-state index in [4.69, 9.17) is 0 Å². The fraction of sp³-hybridized carbons (Fsp3) is 0.462. The van der Waals surface area contributed by atoms with Crippen LogP contribution in [0.2, 0.25) is 0 Å². The van der Waals surface area contributed by atoms with Gasteiger partial charge in [-0.1, -0.05) is 22.0 Å². The van der Waals surface area contributed by atoms with Gasteiger partial charge in [0.05, 0.1) is 5.60 Å². The van der Waals surface area contributed by atoms with Crippen molar-refractivity contribution in [3.8, 4) is 0 Å². The van der Waals surface area contributed by atoms with E-state index >= 15 is 0 Å². The summed E-state index contributed by atoms with van der Waals surface area (Å²) in [4.78, 5) is 11.7. The van der Waals surface area contributed by atoms with E-state index < -0.39 is 5.60 Å². The predicted molar refractivity (Wildman–Crippen MR) is 84.9 cm³/mol. The van der Waals surface area contributed by atoms with Crippen LogP contribution in [-0.2, 0) is 0 Å². The van der Waals surface area contributed by atoms with Gasteiger partial charge in [-0.05, 0) is 37.8 Å². The number of hydrogen-bond donors (Lipinski definition) is 3. The molecule has 1 atom stereocenters. The van der Waals surface area contributed by atoms with Crippen molar-refractivity contribution in [3.05, 3.63) is 28.2 Å². The third-order valence-corrected chi connectivity index (χ3v) is 4.28. The second-order valence-corrected chi connectivity index (χ2v) is 6.42. The summed E-state index contributed by atoms with van der Waals surface area (Å²) in [7, 11) is 0. The average molecular weight is 347 g/mol. The monoisotopic (exact) mass is 346 g/mol. The zero-order valence-electron chi connectivity index (χ0n) is 11.3. The maximum absolute atomic E-state index is 11.7. The molecule has 0 fully saturated rings. The number of hydrogen-bond acceptors (Lipinski definition) is 3. The fourth-order valence-corrected chi connectivity index (χ4v) is 2.58. The average Bonchev–Trinajstić information content (AvgIpc) is 2.32. The maximum atomic E-state index is 11.7. The second kappa shape index (κ2) is 7.17. The summed E-state index contributed by atoms with van der Waals surface area (Å²) in [5.41, 5.74) is 0.915. The number of anilines is 1. The topological polar surface area (TPSA) is 61.4 Å². The molecule has 0 saturated heterocycles. The first-order chi connectivity index (χ1) is 8.84. The Balaban J connectivity index is 2.49. The number of aryl methyl sites for hydroxylation is 1. The largest absolute Gasteiger partial charge is 0.387 e. The molecule has 0 bridgehead atoms. The number of carbonyl (C=O) groups excluding carboxylic acids is 1. The number of urea groups is 1. The number of nitrogens with one attached hydrogen (secondary N) is 2. The van der Waals surface area contributed by atoms with E-state index in [0.717, 1.165) is 10.0 Å². The molecule has 0 aliphatic carbocycles. The van der Waals surface area contributed by atoms with Gasteiger partial charge in [-0.15, -0.1) is 0 Å². The lowest BCUT2D eigenvalue weighted by Gasteiger charge is -2.22. The SMILES string of the molecule is CSCC(C)(O)CNC(=O)Nc1ccc(C)c(Br)c1. The Bertz CT molecular complexity index is 452. The highest BCUT2D eigenvalue weighted by molar-refractivity contribution is 9.10. The van der Waals surface area contributed by atoms with E-state index in [-0.39, 0.29) is 12.6 Å². The number of amides is 2. The highest BCUT2D eigenvalue weighted by atomic mass is 79.9. The summed E-state index contributed by atoms with van der Waals surface area (Å²) in [5.74, 6) is 0.573. The van der Waals surface area contributed by atoms with Gasteiger partial charge < -0.3 is 15.7 Å². The number of aliphatic hydroxyl groups is 1. The maximum Gasteiger partial charge on any atom is 0.319 e. The summed E-state index contributed by atoms with van der Waals surface area (Å²) in [6.45, 7) is 3.90. The number of halogens is 1. The van der Waals surface area contributed by atoms with Crippen LogP contribution in [0.15, 0.2) is 22.7 Å². The first kappa shape index (κ1) is 16.3. The van der Waals surface area contributed by atoms with Crippen LogP contribution in [0.25, 0.3) is 0 Å². The minimum Gasteiger partial charge on any atom is -0.387 e. The molecule has 0 aromatic heterocycles. The number of thioether (sulfide) groups is 1. The zero-order chi connectivity index (χ0) is 14.5. The third kappa shape index (κ3) is 5.84. The number of carbonyl (C=O) groups is 1. The molecule has 19 heavy (non-hydrogen) atoms. The van der Waals surface area contributed by atoms with Gasteiger partial charge in [0.1, 0.15) is 0 Å². The first-order valence-corrected chi connectivity index (χ1v) is 8.05. The van der Waals surface area contributed by atoms with Crippen LogP contribution in [-0.4, -0.2) is 35.3 Å². The quantitative estimate of drug-likeness (QED) is 0.767. The van der Waals surface area contributed by atoms with Crippen molar-refractivity contribution < 1.29 is 9.90 Å². The van der Waals surface area contributed by atoms with Gasteiger partial charge in [0.2, 0.25) is 0 Å². The van der Waals surface area contributed by atoms with E-state index in [9.17, 15) is 9.90 Å². The van der Waals surface area contributed by atoms with Crippen molar-refractivity contribution in [1.82, 2.24) is 5.32 Å². The van der Waals surface area contributed by atoms with E-state index in [0.29, 0.717) is 11.4 Å². The Morgan fingerprint density at radius 1 is 1.53 bits per heavy atom. The third-order valence-electron chi connectivity index (χ3n) is 2.51. The summed E-state index contributed by atoms with van der Waals surface area (Å²) in [6.07, 6.45) is 1.92. The summed E-state index contributed by atoms with van der Waals surface area (Å²) >= 11 is 4.95. The van der Waals surface area contributed by atoms with Crippen molar-refractivity contribution in [3.63, 3.8) is 0 Å². The molecule has 2 amide bonds. The lowest BCUT2D eigenvalue weighted by Crippen LogP contribution is -2.43. The Hall–Kier alpha value is -0.720. The van der Waals surface area contributed by atoms with E-state index in [1.807, 2.05) is 31.4 Å². The van der Waals surface area contributed by atoms with Crippen LogP contribution in [0.1, 0.15) is 12.5 Å². The van der Waals surface area contributed by atoms with E-state index in [2.05, 4.69) is 26.6 Å². The molecule has 1 aromatic carbocycles. The van der Waals surface area contributed by atoms with Crippen molar-refractivity contribution >= 4 is 39.4 Å². The molecule has 0 aliphatic heterocycles. The number of benzene rings is 1. The summed E-state index contributed by atoms with van der Waals surface area (Å²) < 4.78 is 0.944. The second-order valence-electron chi connectivity index (χ2n) is 4.70. The minimum atomic E-state index is -0.898. The van der Waals surface area contributed by atoms with Gasteiger partial charge in [-0.25, -0.2) is 4.79 Å². The van der Waals surface area contributed by atoms with E-state index in [1.165, 1.54) is 11.8 Å². The molecule has 1 aromatic rings. The van der Waals surface area contributed by atoms with Crippen molar-refractivity contribution in [2.75, 3.05) is 23.9 Å². The predicted octanol–water partition coefficient (Wildman–Crippen LogP) is 2.99. The molecule has 0 radical (unpaired) electrons. The van der Waals surface area contributed by atoms with Crippen LogP contribution in [0.3, 0.4) is 0 Å². The molecular weight excluding hydrogens is 328 g/mol. The van der Waals surface area contributed by atoms with Crippen molar-refractivity contribution in [2.24, 2.45) is 0 Å². The molecule has 4 nitrogen and oxygen atoms in total. The molecule has 0 aliphatic rings. The van der Waals surface area contributed by atoms with Gasteiger partial charge in [0.15, 0.2) is 0 Å². The number of rotatable bonds is 5. The fourth-order valence-electron chi connectivity index (χ4n) is 1.48. The highest BCUT2D eigenvalue weighted by Crippen LogP contribution is 2.20. The van der Waals surface area contributed by atoms with Crippen LogP contribution in [0.5, 0.6) is 0 Å². The summed E-state index contributed by atoms with van der Waals surface area (Å²) in [6, 6.07) is 5.27. The molecule has 0 heterocycles. The Morgan fingerprint density at radius 2 is 2.21 bits per heavy atom. The van der Waals surface area contributed by atoms with Crippen molar-refractivity contribution in [2.45, 2.75) is 19.4 Å². The zero-order valence-corrected chi connectivity index (χ0v) is 13.7. The molecule has 1 unspecified atom stereocenters. The first-order valence-electron chi connectivity index (χ1n) is 5.86. The Morgan fingerprint density at radius 3 is 2.79 bits per heavy atom. The Labute approximate surface area is 126 Å². The van der Waals surface area contributed by atoms with Gasteiger partial charge in [-0.2, -0.15) is 11.8 Å². The molecule has 0 saturated carbocycles. The molecule has 106 valence electrons. The van der Waals surface area contributed by atoms with Crippen LogP contribution in [0.4, 0.5) is 10.5 Å². The minimum absolute atomic E-state index is 0.215. The molecular formula is C13H19BrN2O2S. The van der Waals surface area contributed by atoms with Gasteiger partial charge in [0, 0.05) is 22.5 Å². The smallest absolute Gasteiger partial charge is 0.319 e. The van der Waals surface area contributed by atoms with Gasteiger partial charge in [0.25, 0.3) is 0 Å². The van der Waals surface area contributed by atoms with Crippen LogP contribution < -0.4 is 10.6 Å². The lowest BCUT2D eigenvalue weighted by atomic mass is 10.1. The highest BCUT2D eigenvalue weighted by Gasteiger charge is 2.20. The van der Waals surface area contributed by atoms with Crippen molar-refractivity contribution in [1.29, 1.82) is 0 Å². The Kier molecular flexibility index (Phi) is 6.16. The molecule has 6 heteroatoms.